The summed E-state index contributed by atoms with van der Waals surface area (Å²) in [4.78, 5) is 0. The maximum Gasteiger partial charge on any atom is 0.453 e. The quantitative estimate of drug-likeness (QED) is 0.543. The molecule has 1 aromatic carbocycles. The fourth-order valence-electron chi connectivity index (χ4n) is 1.47. The molecule has 0 spiro atoms. The van der Waals surface area contributed by atoms with Crippen LogP contribution in [0.2, 0.25) is 6.32 Å². The predicted octanol–water partition coefficient (Wildman–Crippen LogP) is 0.980. The third-order valence-corrected chi connectivity index (χ3v) is 2.33. The Bertz CT molecular complexity index is 376. The average Bonchev–Trinajstić information content (AvgIpc) is 2.33. The molecule has 0 saturated heterocycles. The Morgan fingerprint density at radius 2 is 2.12 bits per heavy atom. The maximum absolute atomic E-state index is 8.73. The van der Waals surface area contributed by atoms with Crippen LogP contribution < -0.4 is 0 Å². The van der Waals surface area contributed by atoms with Gasteiger partial charge in [0, 0.05) is 19.5 Å². The van der Waals surface area contributed by atoms with Crippen molar-refractivity contribution in [3.05, 3.63) is 35.4 Å². The minimum Gasteiger partial charge on any atom is -0.427 e. The highest BCUT2D eigenvalue weighted by atomic mass is 16.5. The SMILES string of the molecule is N#Cc1cccc(CCCOCCB(O)O)c1. The first-order valence-corrected chi connectivity index (χ1v) is 5.65. The average molecular weight is 233 g/mol. The monoisotopic (exact) mass is 233 g/mol. The van der Waals surface area contributed by atoms with Crippen LogP contribution in [-0.2, 0) is 11.2 Å². The molecule has 1 aromatic rings. The molecule has 0 atom stereocenters. The highest BCUT2D eigenvalue weighted by Crippen LogP contribution is 2.06. The molecule has 0 saturated carbocycles. The number of aryl methyl sites for hydroxylation is 1. The van der Waals surface area contributed by atoms with Crippen LogP contribution in [0, 0.1) is 11.3 Å². The topological polar surface area (TPSA) is 73.5 Å². The molecule has 0 aromatic heterocycles. The summed E-state index contributed by atoms with van der Waals surface area (Å²) in [6.07, 6.45) is 1.96. The first-order valence-electron chi connectivity index (χ1n) is 5.65. The molecule has 90 valence electrons. The number of hydrogen-bond acceptors (Lipinski definition) is 4. The van der Waals surface area contributed by atoms with Gasteiger partial charge in [-0.25, -0.2) is 0 Å². The van der Waals surface area contributed by atoms with Gasteiger partial charge in [-0.3, -0.25) is 0 Å². The highest BCUT2D eigenvalue weighted by molar-refractivity contribution is 6.41. The smallest absolute Gasteiger partial charge is 0.427 e. The number of rotatable bonds is 7. The van der Waals surface area contributed by atoms with E-state index in [-0.39, 0.29) is 6.32 Å². The van der Waals surface area contributed by atoms with E-state index in [1.807, 2.05) is 18.2 Å². The molecule has 0 heterocycles. The number of nitriles is 1. The number of hydrogen-bond donors (Lipinski definition) is 2. The predicted molar refractivity (Wildman–Crippen MR) is 65.3 cm³/mol. The minimum absolute atomic E-state index is 0.240. The van der Waals surface area contributed by atoms with Crippen molar-refractivity contribution in [2.24, 2.45) is 0 Å². The fourth-order valence-corrected chi connectivity index (χ4v) is 1.47. The van der Waals surface area contributed by atoms with E-state index in [2.05, 4.69) is 6.07 Å². The van der Waals surface area contributed by atoms with Gasteiger partial charge in [0.1, 0.15) is 0 Å². The van der Waals surface area contributed by atoms with E-state index in [0.29, 0.717) is 18.8 Å². The maximum atomic E-state index is 8.73. The lowest BCUT2D eigenvalue weighted by molar-refractivity contribution is 0.140. The molecular formula is C12H16BNO3. The highest BCUT2D eigenvalue weighted by Gasteiger charge is 2.04. The first kappa shape index (κ1) is 13.7. The molecule has 0 aliphatic heterocycles. The van der Waals surface area contributed by atoms with Crippen molar-refractivity contribution in [3.63, 3.8) is 0 Å². The van der Waals surface area contributed by atoms with Crippen LogP contribution in [0.25, 0.3) is 0 Å². The molecule has 0 bridgehead atoms. The van der Waals surface area contributed by atoms with E-state index in [1.54, 1.807) is 6.07 Å². The Hall–Kier alpha value is -1.35. The van der Waals surface area contributed by atoms with E-state index in [4.69, 9.17) is 20.0 Å². The molecule has 2 N–H and O–H groups in total. The van der Waals surface area contributed by atoms with E-state index in [0.717, 1.165) is 18.4 Å². The molecule has 0 aliphatic carbocycles. The molecular weight excluding hydrogens is 217 g/mol. The zero-order valence-electron chi connectivity index (χ0n) is 9.67. The van der Waals surface area contributed by atoms with E-state index in [9.17, 15) is 0 Å². The van der Waals surface area contributed by atoms with Crippen LogP contribution in [0.5, 0.6) is 0 Å². The minimum atomic E-state index is -1.29. The lowest BCUT2D eigenvalue weighted by atomic mass is 9.87. The zero-order valence-corrected chi connectivity index (χ0v) is 9.67. The Morgan fingerprint density at radius 1 is 1.29 bits per heavy atom. The van der Waals surface area contributed by atoms with Gasteiger partial charge < -0.3 is 14.8 Å². The van der Waals surface area contributed by atoms with E-state index >= 15 is 0 Å². The molecule has 0 amide bonds. The number of benzene rings is 1. The third kappa shape index (κ3) is 6.08. The summed E-state index contributed by atoms with van der Waals surface area (Å²) in [7, 11) is -1.29. The van der Waals surface area contributed by atoms with Gasteiger partial charge in [0.2, 0.25) is 0 Å². The van der Waals surface area contributed by atoms with Crippen molar-refractivity contribution in [1.29, 1.82) is 5.26 Å². The van der Waals surface area contributed by atoms with Crippen LogP contribution in [0.15, 0.2) is 24.3 Å². The summed E-state index contributed by atoms with van der Waals surface area (Å²) in [6, 6.07) is 9.61. The van der Waals surface area contributed by atoms with Crippen molar-refractivity contribution in [3.8, 4) is 6.07 Å². The summed E-state index contributed by atoms with van der Waals surface area (Å²) in [6.45, 7) is 0.944. The van der Waals surface area contributed by atoms with Gasteiger partial charge in [-0.05, 0) is 30.5 Å². The van der Waals surface area contributed by atoms with Crippen LogP contribution in [0.3, 0.4) is 0 Å². The van der Waals surface area contributed by atoms with Gasteiger partial charge in [-0.1, -0.05) is 12.1 Å². The second-order valence-corrected chi connectivity index (χ2v) is 3.80. The van der Waals surface area contributed by atoms with Gasteiger partial charge >= 0.3 is 7.12 Å². The molecule has 5 heteroatoms. The van der Waals surface area contributed by atoms with Crippen LogP contribution in [0.4, 0.5) is 0 Å². The molecule has 17 heavy (non-hydrogen) atoms. The van der Waals surface area contributed by atoms with Crippen LogP contribution in [0.1, 0.15) is 17.5 Å². The Labute approximate surface area is 102 Å². The number of nitrogens with zero attached hydrogens (tertiary/aromatic N) is 1. The van der Waals surface area contributed by atoms with Crippen molar-refractivity contribution >= 4 is 7.12 Å². The van der Waals surface area contributed by atoms with Gasteiger partial charge in [0.25, 0.3) is 0 Å². The summed E-state index contributed by atoms with van der Waals surface area (Å²) in [5, 5.41) is 25.9. The Kier molecular flexibility index (Phi) is 6.34. The second-order valence-electron chi connectivity index (χ2n) is 3.80. The summed E-state index contributed by atoms with van der Waals surface area (Å²) >= 11 is 0. The van der Waals surface area contributed by atoms with Gasteiger partial charge in [0.15, 0.2) is 0 Å². The first-order chi connectivity index (χ1) is 8.22. The molecule has 0 radical (unpaired) electrons. The zero-order chi connectivity index (χ0) is 12.5. The van der Waals surface area contributed by atoms with Gasteiger partial charge in [-0.15, -0.1) is 0 Å². The Balaban J connectivity index is 2.16. The van der Waals surface area contributed by atoms with Crippen molar-refractivity contribution in [2.75, 3.05) is 13.2 Å². The van der Waals surface area contributed by atoms with Crippen molar-refractivity contribution in [1.82, 2.24) is 0 Å². The van der Waals surface area contributed by atoms with Gasteiger partial charge in [-0.2, -0.15) is 5.26 Å². The van der Waals surface area contributed by atoms with Crippen LogP contribution >= 0.6 is 0 Å². The fraction of sp³-hybridized carbons (Fsp3) is 0.417. The number of ether oxygens (including phenoxy) is 1. The Morgan fingerprint density at radius 3 is 2.82 bits per heavy atom. The van der Waals surface area contributed by atoms with E-state index < -0.39 is 7.12 Å². The van der Waals surface area contributed by atoms with E-state index in [1.165, 1.54) is 0 Å². The second kappa shape index (κ2) is 7.85. The van der Waals surface area contributed by atoms with Crippen molar-refractivity contribution in [2.45, 2.75) is 19.2 Å². The standard InChI is InChI=1S/C12H16BNO3/c14-10-12-4-1-3-11(9-12)5-2-7-17-8-6-13(15)16/h1,3-4,9,15-16H,2,5-8H2. The summed E-state index contributed by atoms with van der Waals surface area (Å²) in [5.41, 5.74) is 1.79. The third-order valence-electron chi connectivity index (χ3n) is 2.33. The van der Waals surface area contributed by atoms with Crippen molar-refractivity contribution < 1.29 is 14.8 Å². The normalized spacial score (nSPS) is 9.94. The molecule has 0 aliphatic rings. The molecule has 1 rings (SSSR count). The lowest BCUT2D eigenvalue weighted by Gasteiger charge is -2.04. The molecule has 4 nitrogen and oxygen atoms in total. The summed E-state index contributed by atoms with van der Waals surface area (Å²) in [5.74, 6) is 0. The molecule has 0 fully saturated rings. The largest absolute Gasteiger partial charge is 0.453 e. The lowest BCUT2D eigenvalue weighted by Crippen LogP contribution is -2.13. The molecule has 0 unspecified atom stereocenters. The summed E-state index contributed by atoms with van der Waals surface area (Å²) < 4.78 is 5.24. The van der Waals surface area contributed by atoms with Gasteiger partial charge in [0.05, 0.1) is 11.6 Å². The van der Waals surface area contributed by atoms with Crippen LogP contribution in [-0.4, -0.2) is 30.4 Å².